The van der Waals surface area contributed by atoms with Crippen molar-refractivity contribution in [1.29, 1.82) is 0 Å². The standard InChI is InChI=1S/C15H10ClF2NOS/c16-10-2-1-3-11(7-10)19-14(20)8-21-15(19)9-4-5-12(17)13(18)6-9/h1-7,15H,8H2. The van der Waals surface area contributed by atoms with E-state index in [1.807, 2.05) is 0 Å². The van der Waals surface area contributed by atoms with Crippen LogP contribution in [-0.4, -0.2) is 11.7 Å². The fourth-order valence-electron chi connectivity index (χ4n) is 2.24. The van der Waals surface area contributed by atoms with Gasteiger partial charge in [0, 0.05) is 10.7 Å². The van der Waals surface area contributed by atoms with Gasteiger partial charge in [-0.2, -0.15) is 0 Å². The number of carbonyl (C=O) groups excluding carboxylic acids is 1. The molecule has 1 atom stereocenters. The molecule has 2 aromatic rings. The molecule has 3 rings (SSSR count). The minimum absolute atomic E-state index is 0.0861. The van der Waals surface area contributed by atoms with Gasteiger partial charge in [-0.3, -0.25) is 9.69 Å². The van der Waals surface area contributed by atoms with E-state index in [-0.39, 0.29) is 17.0 Å². The first kappa shape index (κ1) is 14.4. The molecule has 1 unspecified atom stereocenters. The largest absolute Gasteiger partial charge is 0.295 e. The Hall–Kier alpha value is -1.59. The molecule has 108 valence electrons. The Kier molecular flexibility index (Phi) is 3.87. The summed E-state index contributed by atoms with van der Waals surface area (Å²) in [6, 6.07) is 10.6. The zero-order valence-electron chi connectivity index (χ0n) is 10.7. The van der Waals surface area contributed by atoms with Crippen molar-refractivity contribution in [2.24, 2.45) is 0 Å². The summed E-state index contributed by atoms with van der Waals surface area (Å²) in [5.74, 6) is -1.62. The molecule has 0 aliphatic carbocycles. The Morgan fingerprint density at radius 1 is 1.14 bits per heavy atom. The van der Waals surface area contributed by atoms with Gasteiger partial charge in [0.2, 0.25) is 5.91 Å². The van der Waals surface area contributed by atoms with Crippen molar-refractivity contribution in [3.63, 3.8) is 0 Å². The monoisotopic (exact) mass is 325 g/mol. The van der Waals surface area contributed by atoms with Crippen LogP contribution in [0.15, 0.2) is 42.5 Å². The first-order chi connectivity index (χ1) is 10.1. The van der Waals surface area contributed by atoms with Gasteiger partial charge in [-0.25, -0.2) is 8.78 Å². The van der Waals surface area contributed by atoms with Gasteiger partial charge in [-0.1, -0.05) is 23.7 Å². The maximum atomic E-state index is 13.4. The van der Waals surface area contributed by atoms with E-state index in [0.717, 1.165) is 12.1 Å². The number of nitrogens with zero attached hydrogens (tertiary/aromatic N) is 1. The molecule has 0 bridgehead atoms. The first-order valence-corrected chi connectivity index (χ1v) is 7.63. The van der Waals surface area contributed by atoms with Gasteiger partial charge in [-0.05, 0) is 35.9 Å². The molecule has 1 amide bonds. The number of hydrogen-bond donors (Lipinski definition) is 0. The third kappa shape index (κ3) is 2.76. The van der Waals surface area contributed by atoms with Crippen molar-refractivity contribution in [3.05, 3.63) is 64.7 Å². The van der Waals surface area contributed by atoms with E-state index in [4.69, 9.17) is 11.6 Å². The molecule has 21 heavy (non-hydrogen) atoms. The van der Waals surface area contributed by atoms with Crippen LogP contribution in [0.5, 0.6) is 0 Å². The predicted molar refractivity (Wildman–Crippen MR) is 80.5 cm³/mol. The van der Waals surface area contributed by atoms with Gasteiger partial charge >= 0.3 is 0 Å². The van der Waals surface area contributed by atoms with E-state index in [1.165, 1.54) is 17.8 Å². The SMILES string of the molecule is O=C1CSC(c2ccc(F)c(F)c2)N1c1cccc(Cl)c1. The van der Waals surface area contributed by atoms with Crippen molar-refractivity contribution in [2.75, 3.05) is 10.7 Å². The molecule has 1 aliphatic rings. The number of thioether (sulfide) groups is 1. The number of rotatable bonds is 2. The molecule has 0 N–H and O–H groups in total. The number of amides is 1. The Morgan fingerprint density at radius 3 is 2.67 bits per heavy atom. The molecule has 2 aromatic carbocycles. The summed E-state index contributed by atoms with van der Waals surface area (Å²) in [5, 5.41) is 0.132. The molecule has 1 heterocycles. The molecular formula is C15H10ClF2NOS. The summed E-state index contributed by atoms with van der Waals surface area (Å²) in [6.07, 6.45) is 0. The van der Waals surface area contributed by atoms with E-state index in [9.17, 15) is 13.6 Å². The van der Waals surface area contributed by atoms with Crippen LogP contribution >= 0.6 is 23.4 Å². The molecule has 6 heteroatoms. The minimum Gasteiger partial charge on any atom is -0.295 e. The Bertz CT molecular complexity index is 710. The third-order valence-electron chi connectivity index (χ3n) is 3.18. The van der Waals surface area contributed by atoms with Crippen LogP contribution in [0.1, 0.15) is 10.9 Å². The van der Waals surface area contributed by atoms with Crippen molar-refractivity contribution < 1.29 is 13.6 Å². The summed E-state index contributed by atoms with van der Waals surface area (Å²) < 4.78 is 26.5. The lowest BCUT2D eigenvalue weighted by atomic mass is 10.1. The second-order valence-corrected chi connectivity index (χ2v) is 6.09. The predicted octanol–water partition coefficient (Wildman–Crippen LogP) is 4.40. The van der Waals surface area contributed by atoms with Crippen LogP contribution in [0, 0.1) is 11.6 Å². The van der Waals surface area contributed by atoms with Gasteiger partial charge < -0.3 is 0 Å². The summed E-state index contributed by atoms with van der Waals surface area (Å²) in [6.45, 7) is 0. The van der Waals surface area contributed by atoms with E-state index in [1.54, 1.807) is 29.2 Å². The first-order valence-electron chi connectivity index (χ1n) is 6.20. The molecule has 1 fully saturated rings. The highest BCUT2D eigenvalue weighted by Crippen LogP contribution is 2.42. The number of anilines is 1. The fraction of sp³-hybridized carbons (Fsp3) is 0.133. The zero-order valence-corrected chi connectivity index (χ0v) is 12.3. The maximum absolute atomic E-state index is 13.4. The van der Waals surface area contributed by atoms with Gasteiger partial charge in [-0.15, -0.1) is 11.8 Å². The van der Waals surface area contributed by atoms with Crippen molar-refractivity contribution in [1.82, 2.24) is 0 Å². The lowest BCUT2D eigenvalue weighted by Crippen LogP contribution is -2.27. The molecule has 0 radical (unpaired) electrons. The lowest BCUT2D eigenvalue weighted by molar-refractivity contribution is -0.115. The van der Waals surface area contributed by atoms with Crippen molar-refractivity contribution in [3.8, 4) is 0 Å². The molecule has 0 saturated carbocycles. The lowest BCUT2D eigenvalue weighted by Gasteiger charge is -2.24. The highest BCUT2D eigenvalue weighted by molar-refractivity contribution is 8.00. The molecule has 0 aromatic heterocycles. The quantitative estimate of drug-likeness (QED) is 0.816. The van der Waals surface area contributed by atoms with Gasteiger partial charge in [0.05, 0.1) is 5.75 Å². The fourth-order valence-corrected chi connectivity index (χ4v) is 3.59. The number of carbonyl (C=O) groups is 1. The van der Waals surface area contributed by atoms with Gasteiger partial charge in [0.1, 0.15) is 5.37 Å². The Balaban J connectivity index is 2.01. The molecule has 2 nitrogen and oxygen atoms in total. The normalized spacial score (nSPS) is 18.3. The van der Waals surface area contributed by atoms with Gasteiger partial charge in [0.15, 0.2) is 11.6 Å². The number of halogens is 3. The van der Waals surface area contributed by atoms with Crippen LogP contribution in [0.25, 0.3) is 0 Å². The Labute approximate surface area is 129 Å². The smallest absolute Gasteiger partial charge is 0.238 e. The minimum atomic E-state index is -0.918. The summed E-state index contributed by atoms with van der Waals surface area (Å²) in [4.78, 5) is 13.7. The second kappa shape index (κ2) is 5.66. The van der Waals surface area contributed by atoms with E-state index < -0.39 is 11.6 Å². The van der Waals surface area contributed by atoms with Crippen LogP contribution in [0.3, 0.4) is 0 Å². The average Bonchev–Trinajstić information content (AvgIpc) is 2.84. The van der Waals surface area contributed by atoms with Gasteiger partial charge in [0.25, 0.3) is 0 Å². The average molecular weight is 326 g/mol. The topological polar surface area (TPSA) is 20.3 Å². The summed E-state index contributed by atoms with van der Waals surface area (Å²) >= 11 is 7.33. The van der Waals surface area contributed by atoms with Crippen LogP contribution in [0.2, 0.25) is 5.02 Å². The van der Waals surface area contributed by atoms with Crippen LogP contribution in [-0.2, 0) is 4.79 Å². The second-order valence-electron chi connectivity index (χ2n) is 4.58. The summed E-state index contributed by atoms with van der Waals surface area (Å²) in [5.41, 5.74) is 1.19. The van der Waals surface area contributed by atoms with Crippen molar-refractivity contribution in [2.45, 2.75) is 5.37 Å². The zero-order chi connectivity index (χ0) is 15.0. The van der Waals surface area contributed by atoms with Crippen LogP contribution < -0.4 is 4.90 Å². The molecule has 0 spiro atoms. The maximum Gasteiger partial charge on any atom is 0.238 e. The van der Waals surface area contributed by atoms with E-state index >= 15 is 0 Å². The van der Waals surface area contributed by atoms with Crippen LogP contribution in [0.4, 0.5) is 14.5 Å². The highest BCUT2D eigenvalue weighted by Gasteiger charge is 2.34. The molecular weight excluding hydrogens is 316 g/mol. The molecule has 1 aliphatic heterocycles. The third-order valence-corrected chi connectivity index (χ3v) is 4.63. The number of hydrogen-bond acceptors (Lipinski definition) is 2. The molecule has 1 saturated heterocycles. The Morgan fingerprint density at radius 2 is 1.95 bits per heavy atom. The number of benzene rings is 2. The summed E-state index contributed by atoms with van der Waals surface area (Å²) in [7, 11) is 0. The van der Waals surface area contributed by atoms with E-state index in [2.05, 4.69) is 0 Å². The van der Waals surface area contributed by atoms with E-state index in [0.29, 0.717) is 16.3 Å². The van der Waals surface area contributed by atoms with Crippen molar-refractivity contribution >= 4 is 35.0 Å². The highest BCUT2D eigenvalue weighted by atomic mass is 35.5.